The highest BCUT2D eigenvalue weighted by molar-refractivity contribution is 7.92. The number of amides is 2. The van der Waals surface area contributed by atoms with E-state index in [1.54, 1.807) is 6.07 Å². The summed E-state index contributed by atoms with van der Waals surface area (Å²) in [4.78, 5) is 29.2. The highest BCUT2D eigenvalue weighted by atomic mass is 35.5. The average molecular weight is 600 g/mol. The van der Waals surface area contributed by atoms with Crippen LogP contribution < -0.4 is 14.4 Å². The number of anilines is 1. The largest absolute Gasteiger partial charge is 0.495 e. The number of ether oxygens (including phenoxy) is 1. The first-order valence-electron chi connectivity index (χ1n) is 13.5. The lowest BCUT2D eigenvalue weighted by atomic mass is 10.0. The zero-order valence-corrected chi connectivity index (χ0v) is 25.5. The fourth-order valence-corrected chi connectivity index (χ4v) is 5.58. The van der Waals surface area contributed by atoms with Gasteiger partial charge in [0.15, 0.2) is 0 Å². The highest BCUT2D eigenvalue weighted by Crippen LogP contribution is 2.30. The van der Waals surface area contributed by atoms with Gasteiger partial charge in [0, 0.05) is 19.5 Å². The van der Waals surface area contributed by atoms with E-state index in [0.29, 0.717) is 12.3 Å². The monoisotopic (exact) mass is 599 g/mol. The Bertz CT molecular complexity index is 1430. The first-order chi connectivity index (χ1) is 19.5. The van der Waals surface area contributed by atoms with Crippen LogP contribution in [0.4, 0.5) is 5.69 Å². The van der Waals surface area contributed by atoms with Crippen LogP contribution in [0.25, 0.3) is 0 Å². The maximum atomic E-state index is 14.1. The van der Waals surface area contributed by atoms with Gasteiger partial charge in [0.25, 0.3) is 0 Å². The maximum absolute atomic E-state index is 14.1. The smallest absolute Gasteiger partial charge is 0.244 e. The minimum absolute atomic E-state index is 0.125. The number of halogens is 1. The fourth-order valence-electron chi connectivity index (χ4n) is 4.49. The first kappa shape index (κ1) is 32.0. The first-order valence-corrected chi connectivity index (χ1v) is 15.7. The molecule has 0 aliphatic rings. The van der Waals surface area contributed by atoms with Crippen LogP contribution in [0.3, 0.4) is 0 Å². The van der Waals surface area contributed by atoms with E-state index < -0.39 is 28.5 Å². The number of rotatable bonds is 14. The summed E-state index contributed by atoms with van der Waals surface area (Å²) in [6, 6.07) is 20.8. The molecule has 0 aliphatic heterocycles. The van der Waals surface area contributed by atoms with Crippen LogP contribution in [0, 0.1) is 6.92 Å². The Hall–Kier alpha value is -3.56. The van der Waals surface area contributed by atoms with Gasteiger partial charge in [-0.05, 0) is 42.7 Å². The van der Waals surface area contributed by atoms with Crippen LogP contribution in [0.5, 0.6) is 5.75 Å². The molecule has 3 rings (SSSR count). The lowest BCUT2D eigenvalue weighted by Crippen LogP contribution is -2.53. The van der Waals surface area contributed by atoms with E-state index in [0.717, 1.165) is 40.1 Å². The molecule has 10 heteroatoms. The van der Waals surface area contributed by atoms with E-state index in [2.05, 4.69) is 5.32 Å². The number of hydrogen-bond donors (Lipinski definition) is 1. The molecular weight excluding hydrogens is 562 g/mol. The molecule has 0 saturated carbocycles. The number of benzene rings is 3. The van der Waals surface area contributed by atoms with E-state index in [1.807, 2.05) is 68.4 Å². The van der Waals surface area contributed by atoms with Crippen molar-refractivity contribution < 1.29 is 22.7 Å². The Kier molecular flexibility index (Phi) is 11.6. The van der Waals surface area contributed by atoms with Crippen LogP contribution >= 0.6 is 11.6 Å². The normalized spacial score (nSPS) is 11.9. The number of sulfonamides is 1. The van der Waals surface area contributed by atoms with E-state index in [4.69, 9.17) is 16.3 Å². The van der Waals surface area contributed by atoms with Crippen molar-refractivity contribution >= 4 is 39.1 Å². The summed E-state index contributed by atoms with van der Waals surface area (Å²) in [5.74, 6) is -0.430. The third kappa shape index (κ3) is 9.23. The average Bonchev–Trinajstić information content (AvgIpc) is 2.93. The second-order valence-corrected chi connectivity index (χ2v) is 12.3. The van der Waals surface area contributed by atoms with Gasteiger partial charge in [0.05, 0.1) is 24.1 Å². The molecule has 3 aromatic rings. The lowest BCUT2D eigenvalue weighted by molar-refractivity contribution is -0.140. The molecule has 0 fully saturated rings. The molecule has 1 N–H and O–H groups in total. The Morgan fingerprint density at radius 1 is 1.00 bits per heavy atom. The predicted molar refractivity (Wildman–Crippen MR) is 164 cm³/mol. The number of carbonyl (C=O) groups is 2. The number of hydrogen-bond acceptors (Lipinski definition) is 5. The molecule has 2 amide bonds. The van der Waals surface area contributed by atoms with Gasteiger partial charge in [0.2, 0.25) is 21.8 Å². The number of nitrogens with one attached hydrogen (secondary N) is 1. The molecule has 8 nitrogen and oxygen atoms in total. The summed E-state index contributed by atoms with van der Waals surface area (Å²) in [6.07, 6.45) is 3.00. The summed E-state index contributed by atoms with van der Waals surface area (Å²) in [5.41, 5.74) is 2.94. The van der Waals surface area contributed by atoms with Crippen molar-refractivity contribution in [1.29, 1.82) is 0 Å². The highest BCUT2D eigenvalue weighted by Gasteiger charge is 2.33. The number of methoxy groups -OCH3 is 1. The van der Waals surface area contributed by atoms with Crippen LogP contribution in [0.1, 0.15) is 36.5 Å². The number of carbonyl (C=O) groups excluding carboxylic acids is 2. The summed E-state index contributed by atoms with van der Waals surface area (Å²) in [6.45, 7) is 4.08. The summed E-state index contributed by atoms with van der Waals surface area (Å²) >= 11 is 6.29. The van der Waals surface area contributed by atoms with Crippen molar-refractivity contribution in [2.45, 2.75) is 45.7 Å². The molecule has 0 spiro atoms. The van der Waals surface area contributed by atoms with Crippen molar-refractivity contribution in [1.82, 2.24) is 10.2 Å². The molecule has 0 heterocycles. The molecule has 0 saturated heterocycles. The molecule has 1 unspecified atom stereocenters. The second-order valence-electron chi connectivity index (χ2n) is 9.95. The van der Waals surface area contributed by atoms with E-state index in [1.165, 1.54) is 24.1 Å². The Morgan fingerprint density at radius 2 is 1.71 bits per heavy atom. The van der Waals surface area contributed by atoms with Gasteiger partial charge in [-0.2, -0.15) is 0 Å². The standard InChI is InChI=1S/C31H38ClN3O5S/c1-5-6-17-33-31(37)28(19-24-12-8-7-9-13-24)34(21-25-14-10-11-23(2)18-25)30(36)22-35(41(4,38)39)26-15-16-29(40-3)27(32)20-26/h7-16,18,20,28H,5-6,17,19,21-22H2,1-4H3,(H,33,37). The molecule has 0 aliphatic carbocycles. The fraction of sp³-hybridized carbons (Fsp3) is 0.355. The lowest BCUT2D eigenvalue weighted by Gasteiger charge is -2.33. The van der Waals surface area contributed by atoms with Crippen molar-refractivity contribution in [2.75, 3.05) is 30.8 Å². The predicted octanol–water partition coefficient (Wildman–Crippen LogP) is 4.98. The number of nitrogens with zero attached hydrogens (tertiary/aromatic N) is 2. The van der Waals surface area contributed by atoms with Crippen molar-refractivity contribution in [3.05, 3.63) is 94.5 Å². The third-order valence-corrected chi connectivity index (χ3v) is 8.07. The molecule has 0 aromatic heterocycles. The second kappa shape index (κ2) is 14.9. The number of unbranched alkanes of at least 4 members (excludes halogenated alkanes) is 1. The zero-order chi connectivity index (χ0) is 30.0. The summed E-state index contributed by atoms with van der Waals surface area (Å²) in [5, 5.41) is 3.18. The quantitative estimate of drug-likeness (QED) is 0.264. The summed E-state index contributed by atoms with van der Waals surface area (Å²) < 4.78 is 32.1. The van der Waals surface area contributed by atoms with Crippen molar-refractivity contribution in [3.63, 3.8) is 0 Å². The molecule has 220 valence electrons. The minimum Gasteiger partial charge on any atom is -0.495 e. The molecule has 0 radical (unpaired) electrons. The van der Waals surface area contributed by atoms with Crippen LogP contribution in [-0.2, 0) is 32.6 Å². The third-order valence-electron chi connectivity index (χ3n) is 6.64. The summed E-state index contributed by atoms with van der Waals surface area (Å²) in [7, 11) is -2.44. The van der Waals surface area contributed by atoms with Crippen LogP contribution in [0.15, 0.2) is 72.8 Å². The van der Waals surface area contributed by atoms with Crippen molar-refractivity contribution in [3.8, 4) is 5.75 Å². The van der Waals surface area contributed by atoms with Crippen LogP contribution in [0.2, 0.25) is 5.02 Å². The van der Waals surface area contributed by atoms with Crippen molar-refractivity contribution in [2.24, 2.45) is 0 Å². The SMILES string of the molecule is CCCCNC(=O)C(Cc1ccccc1)N(Cc1cccc(C)c1)C(=O)CN(c1ccc(OC)c(Cl)c1)S(C)(=O)=O. The zero-order valence-electron chi connectivity index (χ0n) is 24.0. The molecule has 3 aromatic carbocycles. The minimum atomic E-state index is -3.90. The van der Waals surface area contributed by atoms with Gasteiger partial charge < -0.3 is 15.0 Å². The molecule has 0 bridgehead atoms. The maximum Gasteiger partial charge on any atom is 0.244 e. The van der Waals surface area contributed by atoms with Gasteiger partial charge >= 0.3 is 0 Å². The van der Waals surface area contributed by atoms with Gasteiger partial charge in [-0.25, -0.2) is 8.42 Å². The Morgan fingerprint density at radius 3 is 2.32 bits per heavy atom. The molecule has 1 atom stereocenters. The van der Waals surface area contributed by atoms with Gasteiger partial charge in [-0.15, -0.1) is 0 Å². The van der Waals surface area contributed by atoms with E-state index in [-0.39, 0.29) is 29.6 Å². The Labute approximate surface area is 248 Å². The topological polar surface area (TPSA) is 96.0 Å². The van der Waals surface area contributed by atoms with Gasteiger partial charge in [-0.1, -0.05) is 85.1 Å². The van der Waals surface area contributed by atoms with Gasteiger partial charge in [0.1, 0.15) is 18.3 Å². The van der Waals surface area contributed by atoms with E-state index >= 15 is 0 Å². The molecule has 41 heavy (non-hydrogen) atoms. The van der Waals surface area contributed by atoms with E-state index in [9.17, 15) is 18.0 Å². The van der Waals surface area contributed by atoms with Gasteiger partial charge in [-0.3, -0.25) is 13.9 Å². The number of aryl methyl sites for hydroxylation is 1. The molecular formula is C31H38ClN3O5S. The Balaban J connectivity index is 2.04. The van der Waals surface area contributed by atoms with Crippen LogP contribution in [-0.4, -0.2) is 57.6 Å².